The topological polar surface area (TPSA) is 86.8 Å². The van der Waals surface area contributed by atoms with Gasteiger partial charge < -0.3 is 10.2 Å². The van der Waals surface area contributed by atoms with Crippen LogP contribution < -0.4 is 9.62 Å². The Labute approximate surface area is 255 Å². The number of alkyl halides is 3. The number of nitrogens with zero attached hydrogens (tertiary/aromatic N) is 2. The first-order valence-electron chi connectivity index (χ1n) is 13.4. The Morgan fingerprint density at radius 1 is 0.930 bits per heavy atom. The number of nitrogens with one attached hydrogen (secondary N) is 1. The van der Waals surface area contributed by atoms with Crippen LogP contribution in [0.4, 0.5) is 18.9 Å². The molecule has 0 aliphatic heterocycles. The van der Waals surface area contributed by atoms with Crippen LogP contribution in [-0.2, 0) is 38.8 Å². The minimum atomic E-state index is -4.86. The van der Waals surface area contributed by atoms with Crippen LogP contribution in [0, 0.1) is 6.92 Å². The molecule has 0 heterocycles. The fourth-order valence-corrected chi connectivity index (χ4v) is 5.58. The molecule has 3 aromatic carbocycles. The molecule has 0 fully saturated rings. The summed E-state index contributed by atoms with van der Waals surface area (Å²) >= 11 is 5.76. The maximum Gasteiger partial charge on any atom is 0.417 e. The zero-order valence-corrected chi connectivity index (χ0v) is 26.1. The van der Waals surface area contributed by atoms with Crippen LogP contribution >= 0.6 is 11.6 Å². The highest BCUT2D eigenvalue weighted by Crippen LogP contribution is 2.37. The Balaban J connectivity index is 2.12. The van der Waals surface area contributed by atoms with Crippen LogP contribution in [-0.4, -0.2) is 49.5 Å². The van der Waals surface area contributed by atoms with Gasteiger partial charge in [-0.25, -0.2) is 8.42 Å². The largest absolute Gasteiger partial charge is 0.417 e. The predicted molar refractivity (Wildman–Crippen MR) is 162 cm³/mol. The van der Waals surface area contributed by atoms with E-state index in [9.17, 15) is 31.2 Å². The van der Waals surface area contributed by atoms with E-state index >= 15 is 0 Å². The number of benzene rings is 3. The van der Waals surface area contributed by atoms with E-state index in [-0.39, 0.29) is 18.7 Å². The maximum absolute atomic E-state index is 14.1. The number of carbonyl (C=O) groups is 2. The molecule has 0 aliphatic rings. The van der Waals surface area contributed by atoms with Gasteiger partial charge in [0, 0.05) is 18.5 Å². The number of hydrogen-bond donors (Lipinski definition) is 1. The summed E-state index contributed by atoms with van der Waals surface area (Å²) < 4.78 is 67.2. The van der Waals surface area contributed by atoms with Crippen molar-refractivity contribution in [1.29, 1.82) is 0 Å². The number of amides is 2. The molecule has 3 rings (SSSR count). The smallest absolute Gasteiger partial charge is 0.350 e. The van der Waals surface area contributed by atoms with Crippen LogP contribution in [0.3, 0.4) is 0 Å². The van der Waals surface area contributed by atoms with Gasteiger partial charge in [-0.2, -0.15) is 13.2 Å². The number of hydrogen-bond acceptors (Lipinski definition) is 4. The third kappa shape index (κ3) is 9.72. The van der Waals surface area contributed by atoms with Crippen LogP contribution in [0.2, 0.25) is 5.02 Å². The Bertz CT molecular complexity index is 1560. The van der Waals surface area contributed by atoms with Crippen molar-refractivity contribution in [3.8, 4) is 0 Å². The highest BCUT2D eigenvalue weighted by molar-refractivity contribution is 7.92. The van der Waals surface area contributed by atoms with Crippen molar-refractivity contribution in [3.63, 3.8) is 0 Å². The lowest BCUT2D eigenvalue weighted by Crippen LogP contribution is -2.56. The quantitative estimate of drug-likeness (QED) is 0.296. The first kappa shape index (κ1) is 33.9. The second-order valence-electron chi connectivity index (χ2n) is 11.4. The fraction of sp³-hybridized carbons (Fsp3) is 0.355. The van der Waals surface area contributed by atoms with Gasteiger partial charge in [0.05, 0.1) is 22.5 Å². The molecule has 0 radical (unpaired) electrons. The molecule has 232 valence electrons. The van der Waals surface area contributed by atoms with Gasteiger partial charge in [-0.05, 0) is 57.0 Å². The summed E-state index contributed by atoms with van der Waals surface area (Å²) in [6, 6.07) is 17.8. The second kappa shape index (κ2) is 13.4. The van der Waals surface area contributed by atoms with Crippen LogP contribution in [0.15, 0.2) is 72.8 Å². The SMILES string of the molecule is Cc1cccc(CN(C(=O)CN(c2ccc(Cl)c(C(F)(F)F)c2)S(C)(=O)=O)[C@H](Cc2ccccc2)C(=O)NC(C)(C)C)c1. The molecule has 0 saturated heterocycles. The normalized spacial score (nSPS) is 12.9. The molecule has 2 amide bonds. The highest BCUT2D eigenvalue weighted by atomic mass is 35.5. The van der Waals surface area contributed by atoms with Gasteiger partial charge in [0.2, 0.25) is 21.8 Å². The predicted octanol–water partition coefficient (Wildman–Crippen LogP) is 5.99. The van der Waals surface area contributed by atoms with Gasteiger partial charge in [-0.15, -0.1) is 0 Å². The summed E-state index contributed by atoms with van der Waals surface area (Å²) in [5, 5.41) is 2.30. The van der Waals surface area contributed by atoms with Gasteiger partial charge in [0.25, 0.3) is 0 Å². The van der Waals surface area contributed by atoms with Gasteiger partial charge in [0.15, 0.2) is 0 Å². The molecule has 43 heavy (non-hydrogen) atoms. The zero-order valence-electron chi connectivity index (χ0n) is 24.6. The van der Waals surface area contributed by atoms with Gasteiger partial charge >= 0.3 is 6.18 Å². The molecular formula is C31H35ClF3N3O4S. The van der Waals surface area contributed by atoms with Crippen molar-refractivity contribution in [3.05, 3.63) is 100 Å². The van der Waals surface area contributed by atoms with Gasteiger partial charge in [0.1, 0.15) is 12.6 Å². The molecular weight excluding hydrogens is 603 g/mol. The third-order valence-electron chi connectivity index (χ3n) is 6.43. The minimum Gasteiger partial charge on any atom is -0.350 e. The Morgan fingerprint density at radius 2 is 1.56 bits per heavy atom. The van der Waals surface area contributed by atoms with Gasteiger partial charge in [-0.3, -0.25) is 13.9 Å². The van der Waals surface area contributed by atoms with Crippen molar-refractivity contribution in [2.45, 2.75) is 58.4 Å². The minimum absolute atomic E-state index is 0.0540. The summed E-state index contributed by atoms with van der Waals surface area (Å²) in [4.78, 5) is 29.1. The van der Waals surface area contributed by atoms with Gasteiger partial charge in [-0.1, -0.05) is 71.8 Å². The summed E-state index contributed by atoms with van der Waals surface area (Å²) in [5.41, 5.74) is 0.0676. The third-order valence-corrected chi connectivity index (χ3v) is 7.90. The molecule has 0 aromatic heterocycles. The van der Waals surface area contributed by atoms with E-state index in [0.29, 0.717) is 15.9 Å². The lowest BCUT2D eigenvalue weighted by molar-refractivity contribution is -0.140. The van der Waals surface area contributed by atoms with E-state index in [1.807, 2.05) is 37.3 Å². The molecule has 1 N–H and O–H groups in total. The molecule has 0 unspecified atom stereocenters. The number of halogens is 4. The van der Waals surface area contributed by atoms with Crippen molar-refractivity contribution in [2.24, 2.45) is 0 Å². The zero-order chi connectivity index (χ0) is 32.2. The number of aryl methyl sites for hydroxylation is 1. The van der Waals surface area contributed by atoms with Crippen LogP contribution in [0.25, 0.3) is 0 Å². The first-order chi connectivity index (χ1) is 19.8. The standard InChI is InChI=1S/C31H35ClF3N3O4S/c1-21-10-9-13-23(16-21)19-37(27(29(40)36-30(2,3)4)17-22-11-7-6-8-12-22)28(39)20-38(43(5,41)42)24-14-15-26(32)25(18-24)31(33,34)35/h6-16,18,27H,17,19-20H2,1-5H3,(H,36,40)/t27-/m1/s1. The number of sulfonamides is 1. The lowest BCUT2D eigenvalue weighted by atomic mass is 10.0. The molecule has 3 aromatic rings. The van der Waals surface area contributed by atoms with E-state index in [0.717, 1.165) is 29.5 Å². The second-order valence-corrected chi connectivity index (χ2v) is 13.7. The van der Waals surface area contributed by atoms with E-state index in [2.05, 4.69) is 5.32 Å². The molecule has 0 aliphatic carbocycles. The Morgan fingerprint density at radius 3 is 2.12 bits per heavy atom. The average molecular weight is 638 g/mol. The summed E-state index contributed by atoms with van der Waals surface area (Å²) in [6.45, 7) is 6.34. The Hall–Kier alpha value is -3.57. The first-order valence-corrected chi connectivity index (χ1v) is 15.6. The fourth-order valence-electron chi connectivity index (χ4n) is 4.51. The molecule has 0 spiro atoms. The van der Waals surface area contributed by atoms with Crippen LogP contribution in [0.1, 0.15) is 43.0 Å². The summed E-state index contributed by atoms with van der Waals surface area (Å²) in [6.07, 6.45) is -3.96. The summed E-state index contributed by atoms with van der Waals surface area (Å²) in [5.74, 6) is -1.24. The van der Waals surface area contributed by atoms with E-state index in [1.54, 1.807) is 45.0 Å². The number of carbonyl (C=O) groups excluding carboxylic acids is 2. The average Bonchev–Trinajstić information content (AvgIpc) is 2.88. The van der Waals surface area contributed by atoms with E-state index in [1.165, 1.54) is 4.90 Å². The Kier molecular flexibility index (Phi) is 10.6. The van der Waals surface area contributed by atoms with Crippen molar-refractivity contribution < 1.29 is 31.2 Å². The maximum atomic E-state index is 14.1. The molecule has 12 heteroatoms. The molecule has 7 nitrogen and oxygen atoms in total. The van der Waals surface area contributed by atoms with Crippen molar-refractivity contribution >= 4 is 39.1 Å². The molecule has 0 bridgehead atoms. The number of anilines is 1. The van der Waals surface area contributed by atoms with Crippen molar-refractivity contribution in [2.75, 3.05) is 17.1 Å². The summed E-state index contributed by atoms with van der Waals surface area (Å²) in [7, 11) is -4.26. The molecule has 1 atom stereocenters. The van der Waals surface area contributed by atoms with Crippen molar-refractivity contribution in [1.82, 2.24) is 10.2 Å². The highest BCUT2D eigenvalue weighted by Gasteiger charge is 2.37. The monoisotopic (exact) mass is 637 g/mol. The van der Waals surface area contributed by atoms with E-state index < -0.39 is 56.7 Å². The van der Waals surface area contributed by atoms with E-state index in [4.69, 9.17) is 11.6 Å². The lowest BCUT2D eigenvalue weighted by Gasteiger charge is -2.35. The molecule has 0 saturated carbocycles. The number of rotatable bonds is 10. The van der Waals surface area contributed by atoms with Crippen LogP contribution in [0.5, 0.6) is 0 Å².